The number of nitrogens with one attached hydrogen (secondary N) is 1. The van der Waals surface area contributed by atoms with E-state index in [0.29, 0.717) is 5.92 Å². The van der Waals surface area contributed by atoms with Crippen molar-refractivity contribution in [1.29, 1.82) is 0 Å². The predicted molar refractivity (Wildman–Crippen MR) is 96.0 cm³/mol. The second kappa shape index (κ2) is 9.43. The Morgan fingerprint density at radius 2 is 1.78 bits per heavy atom. The van der Waals surface area contributed by atoms with Crippen molar-refractivity contribution in [2.24, 2.45) is 5.92 Å². The summed E-state index contributed by atoms with van der Waals surface area (Å²) in [5, 5.41) is 3.12. The molecule has 0 heterocycles. The second-order valence-corrected chi connectivity index (χ2v) is 6.51. The molecule has 0 unspecified atom stereocenters. The molecule has 4 heteroatoms. The lowest BCUT2D eigenvalue weighted by atomic mass is 10.0. The van der Waals surface area contributed by atoms with Crippen LogP contribution in [-0.2, 0) is 6.42 Å². The summed E-state index contributed by atoms with van der Waals surface area (Å²) in [7, 11) is 1.67. The fourth-order valence-electron chi connectivity index (χ4n) is 2.52. The normalized spacial score (nSPS) is 13.5. The summed E-state index contributed by atoms with van der Waals surface area (Å²) in [6.07, 6.45) is 1.86. The molecule has 130 valence electrons. The highest BCUT2D eigenvalue weighted by Crippen LogP contribution is 2.14. The molecular formula is C19H32N2O2. The van der Waals surface area contributed by atoms with Gasteiger partial charge in [0.05, 0.1) is 7.11 Å². The number of urea groups is 1. The van der Waals surface area contributed by atoms with E-state index in [1.165, 1.54) is 5.56 Å². The molecule has 23 heavy (non-hydrogen) atoms. The van der Waals surface area contributed by atoms with Gasteiger partial charge in [0.25, 0.3) is 0 Å². The van der Waals surface area contributed by atoms with E-state index in [-0.39, 0.29) is 18.1 Å². The van der Waals surface area contributed by atoms with Crippen LogP contribution in [0.2, 0.25) is 0 Å². The third-order valence-corrected chi connectivity index (χ3v) is 4.45. The third kappa shape index (κ3) is 6.12. The number of rotatable bonds is 8. The average Bonchev–Trinajstić information content (AvgIpc) is 2.53. The van der Waals surface area contributed by atoms with Crippen LogP contribution in [0.25, 0.3) is 0 Å². The van der Waals surface area contributed by atoms with E-state index in [2.05, 4.69) is 45.1 Å². The molecule has 2 atom stereocenters. The molecule has 0 saturated carbocycles. The van der Waals surface area contributed by atoms with E-state index in [0.717, 1.165) is 25.1 Å². The molecule has 0 aliphatic heterocycles. The monoisotopic (exact) mass is 320 g/mol. The minimum atomic E-state index is 0.0379. The van der Waals surface area contributed by atoms with Crippen LogP contribution in [0.5, 0.6) is 5.75 Å². The van der Waals surface area contributed by atoms with E-state index in [1.807, 2.05) is 24.0 Å². The van der Waals surface area contributed by atoms with Crippen molar-refractivity contribution in [1.82, 2.24) is 10.2 Å². The Kier molecular flexibility index (Phi) is 7.93. The molecule has 0 aliphatic carbocycles. The SMILES string of the molecule is CCN(C(=O)N[C@H](C)CCc1ccc(OC)cc1)[C@@H](C)C(C)C. The number of aryl methyl sites for hydroxylation is 1. The molecule has 1 N–H and O–H groups in total. The summed E-state index contributed by atoms with van der Waals surface area (Å²) in [4.78, 5) is 14.3. The van der Waals surface area contributed by atoms with Gasteiger partial charge in [0.1, 0.15) is 5.75 Å². The van der Waals surface area contributed by atoms with Gasteiger partial charge in [-0.1, -0.05) is 26.0 Å². The standard InChI is InChI=1S/C19H32N2O2/c1-7-21(16(5)14(2)3)19(22)20-15(4)8-9-17-10-12-18(23-6)13-11-17/h10-16H,7-9H2,1-6H3,(H,20,22)/t15-,16+/m1/s1. The first-order valence-electron chi connectivity index (χ1n) is 8.59. The zero-order valence-corrected chi connectivity index (χ0v) is 15.4. The number of amides is 2. The largest absolute Gasteiger partial charge is 0.497 e. The van der Waals surface area contributed by atoms with Crippen LogP contribution in [0.3, 0.4) is 0 Å². The summed E-state index contributed by atoms with van der Waals surface area (Å²) < 4.78 is 5.17. The molecule has 0 fully saturated rings. The highest BCUT2D eigenvalue weighted by Gasteiger charge is 2.21. The molecule has 0 aliphatic rings. The van der Waals surface area contributed by atoms with Crippen LogP contribution < -0.4 is 10.1 Å². The first-order chi connectivity index (χ1) is 10.9. The van der Waals surface area contributed by atoms with Gasteiger partial charge in [0, 0.05) is 18.6 Å². The average molecular weight is 320 g/mol. The topological polar surface area (TPSA) is 41.6 Å². The smallest absolute Gasteiger partial charge is 0.317 e. The lowest BCUT2D eigenvalue weighted by molar-refractivity contribution is 0.163. The second-order valence-electron chi connectivity index (χ2n) is 6.51. The van der Waals surface area contributed by atoms with Gasteiger partial charge >= 0.3 is 6.03 Å². The molecule has 1 aromatic rings. The maximum absolute atomic E-state index is 12.4. The summed E-state index contributed by atoms with van der Waals surface area (Å²) in [5.41, 5.74) is 1.26. The summed E-state index contributed by atoms with van der Waals surface area (Å²) in [6.45, 7) is 11.2. The highest BCUT2D eigenvalue weighted by molar-refractivity contribution is 5.74. The predicted octanol–water partition coefficient (Wildman–Crippen LogP) is 4.09. The Hall–Kier alpha value is -1.71. The van der Waals surface area contributed by atoms with Gasteiger partial charge in [-0.15, -0.1) is 0 Å². The van der Waals surface area contributed by atoms with E-state index in [4.69, 9.17) is 4.74 Å². The maximum Gasteiger partial charge on any atom is 0.317 e. The minimum absolute atomic E-state index is 0.0379. The maximum atomic E-state index is 12.4. The summed E-state index contributed by atoms with van der Waals surface area (Å²) in [5.74, 6) is 1.33. The van der Waals surface area contributed by atoms with Crippen molar-refractivity contribution in [3.63, 3.8) is 0 Å². The van der Waals surface area contributed by atoms with Gasteiger partial charge in [-0.3, -0.25) is 0 Å². The number of benzene rings is 1. The Bertz CT molecular complexity index is 471. The zero-order valence-electron chi connectivity index (χ0n) is 15.4. The van der Waals surface area contributed by atoms with Crippen molar-refractivity contribution >= 4 is 6.03 Å². The quantitative estimate of drug-likeness (QED) is 0.784. The van der Waals surface area contributed by atoms with Crippen LogP contribution in [-0.4, -0.2) is 36.7 Å². The number of carbonyl (C=O) groups excluding carboxylic acids is 1. The lowest BCUT2D eigenvalue weighted by Gasteiger charge is -2.32. The minimum Gasteiger partial charge on any atom is -0.497 e. The molecule has 2 amide bonds. The van der Waals surface area contributed by atoms with E-state index in [1.54, 1.807) is 7.11 Å². The fraction of sp³-hybridized carbons (Fsp3) is 0.632. The molecule has 1 aromatic carbocycles. The summed E-state index contributed by atoms with van der Waals surface area (Å²) in [6, 6.07) is 8.53. The zero-order chi connectivity index (χ0) is 17.4. The fourth-order valence-corrected chi connectivity index (χ4v) is 2.52. The number of ether oxygens (including phenoxy) is 1. The molecule has 0 saturated heterocycles. The van der Waals surface area contributed by atoms with Crippen LogP contribution in [0.1, 0.15) is 46.6 Å². The van der Waals surface area contributed by atoms with Gasteiger partial charge in [0.15, 0.2) is 0 Å². The number of nitrogens with zero attached hydrogens (tertiary/aromatic N) is 1. The van der Waals surface area contributed by atoms with Gasteiger partial charge < -0.3 is 15.0 Å². The first kappa shape index (κ1) is 19.3. The van der Waals surface area contributed by atoms with Crippen molar-refractivity contribution in [3.8, 4) is 5.75 Å². The molecule has 4 nitrogen and oxygen atoms in total. The molecule has 1 rings (SSSR count). The highest BCUT2D eigenvalue weighted by atomic mass is 16.5. The summed E-state index contributed by atoms with van der Waals surface area (Å²) >= 11 is 0. The van der Waals surface area contributed by atoms with E-state index in [9.17, 15) is 4.79 Å². The first-order valence-corrected chi connectivity index (χ1v) is 8.59. The lowest BCUT2D eigenvalue weighted by Crippen LogP contribution is -2.49. The van der Waals surface area contributed by atoms with Gasteiger partial charge in [-0.05, 0) is 57.2 Å². The van der Waals surface area contributed by atoms with Crippen LogP contribution in [0.15, 0.2) is 24.3 Å². The third-order valence-electron chi connectivity index (χ3n) is 4.45. The Morgan fingerprint density at radius 3 is 2.26 bits per heavy atom. The van der Waals surface area contributed by atoms with Gasteiger partial charge in [-0.25, -0.2) is 4.79 Å². The molecule has 0 spiro atoms. The Morgan fingerprint density at radius 1 is 1.17 bits per heavy atom. The van der Waals surface area contributed by atoms with Crippen molar-refractivity contribution in [2.45, 2.75) is 59.5 Å². The van der Waals surface area contributed by atoms with Crippen LogP contribution >= 0.6 is 0 Å². The van der Waals surface area contributed by atoms with Crippen LogP contribution in [0, 0.1) is 5.92 Å². The van der Waals surface area contributed by atoms with Crippen molar-refractivity contribution in [3.05, 3.63) is 29.8 Å². The van der Waals surface area contributed by atoms with Crippen molar-refractivity contribution < 1.29 is 9.53 Å². The van der Waals surface area contributed by atoms with Gasteiger partial charge in [-0.2, -0.15) is 0 Å². The number of hydrogen-bond acceptors (Lipinski definition) is 2. The van der Waals surface area contributed by atoms with E-state index >= 15 is 0 Å². The van der Waals surface area contributed by atoms with Crippen molar-refractivity contribution in [2.75, 3.05) is 13.7 Å². The van der Waals surface area contributed by atoms with Crippen LogP contribution in [0.4, 0.5) is 4.79 Å². The molecular weight excluding hydrogens is 288 g/mol. The Balaban J connectivity index is 2.48. The number of hydrogen-bond donors (Lipinski definition) is 1. The molecule has 0 bridgehead atoms. The van der Waals surface area contributed by atoms with E-state index < -0.39 is 0 Å². The molecule has 0 radical (unpaired) electrons. The Labute approximate surface area is 141 Å². The number of methoxy groups -OCH3 is 1. The molecule has 0 aromatic heterocycles. The number of carbonyl (C=O) groups is 1. The van der Waals surface area contributed by atoms with Gasteiger partial charge in [0.2, 0.25) is 0 Å².